The molecule has 0 amide bonds. The third kappa shape index (κ3) is 3.87. The molecule has 2 nitrogen and oxygen atoms in total. The average Bonchev–Trinajstić information content (AvgIpc) is 2.46. The van der Waals surface area contributed by atoms with Crippen LogP contribution in [0.3, 0.4) is 0 Å². The summed E-state index contributed by atoms with van der Waals surface area (Å²) in [5, 5.41) is 6.34. The summed E-state index contributed by atoms with van der Waals surface area (Å²) >= 11 is 6.20. The van der Waals surface area contributed by atoms with Gasteiger partial charge in [0.1, 0.15) is 12.4 Å². The minimum absolute atomic E-state index is 0.547. The zero-order valence-electron chi connectivity index (χ0n) is 12.2. The van der Waals surface area contributed by atoms with Crippen LogP contribution < -0.4 is 10.1 Å². The maximum absolute atomic E-state index is 6.20. The van der Waals surface area contributed by atoms with Crippen molar-refractivity contribution >= 4 is 22.4 Å². The number of halogens is 1. The first-order chi connectivity index (χ1) is 9.72. The summed E-state index contributed by atoms with van der Waals surface area (Å²) < 4.78 is 5.88. The van der Waals surface area contributed by atoms with Crippen molar-refractivity contribution in [2.45, 2.75) is 32.7 Å². The van der Waals surface area contributed by atoms with Gasteiger partial charge in [-0.2, -0.15) is 0 Å². The number of rotatable bonds is 7. The maximum atomic E-state index is 6.20. The van der Waals surface area contributed by atoms with Gasteiger partial charge in [-0.1, -0.05) is 49.2 Å². The largest absolute Gasteiger partial charge is 0.492 e. The highest BCUT2D eigenvalue weighted by molar-refractivity contribution is 6.35. The smallest absolute Gasteiger partial charge is 0.127 e. The number of ether oxygens (including phenoxy) is 1. The standard InChI is InChI=1S/C17H22ClNO/c1-3-6-13(2)19-11-12-20-17-10-9-16(18)14-7-4-5-8-15(14)17/h4-5,7-10,13,19H,3,6,11-12H2,1-2H3. The third-order valence-corrected chi connectivity index (χ3v) is 3.73. The fourth-order valence-corrected chi connectivity index (χ4v) is 2.59. The van der Waals surface area contributed by atoms with Gasteiger partial charge in [0.25, 0.3) is 0 Å². The van der Waals surface area contributed by atoms with Gasteiger partial charge in [0.05, 0.1) is 0 Å². The van der Waals surface area contributed by atoms with Gasteiger partial charge in [-0.15, -0.1) is 0 Å². The molecule has 1 N–H and O–H groups in total. The molecule has 2 rings (SSSR count). The predicted octanol–water partition coefficient (Wildman–Crippen LogP) is 4.65. The van der Waals surface area contributed by atoms with Crippen LogP contribution in [0.15, 0.2) is 36.4 Å². The van der Waals surface area contributed by atoms with Gasteiger partial charge in [0.15, 0.2) is 0 Å². The number of nitrogens with one attached hydrogen (secondary N) is 1. The summed E-state index contributed by atoms with van der Waals surface area (Å²) in [6.07, 6.45) is 2.40. The quantitative estimate of drug-likeness (QED) is 0.750. The second-order valence-corrected chi connectivity index (χ2v) is 5.49. The second kappa shape index (κ2) is 7.51. The molecule has 0 aromatic heterocycles. The second-order valence-electron chi connectivity index (χ2n) is 5.08. The van der Waals surface area contributed by atoms with Crippen molar-refractivity contribution in [3.8, 4) is 5.75 Å². The zero-order valence-corrected chi connectivity index (χ0v) is 12.9. The fourth-order valence-electron chi connectivity index (χ4n) is 2.36. The van der Waals surface area contributed by atoms with E-state index in [-0.39, 0.29) is 0 Å². The van der Waals surface area contributed by atoms with Gasteiger partial charge in [0, 0.05) is 28.4 Å². The van der Waals surface area contributed by atoms with E-state index < -0.39 is 0 Å². The predicted molar refractivity (Wildman–Crippen MR) is 86.8 cm³/mol. The van der Waals surface area contributed by atoms with Crippen LogP contribution in [0.25, 0.3) is 10.8 Å². The molecular weight excluding hydrogens is 270 g/mol. The van der Waals surface area contributed by atoms with E-state index in [4.69, 9.17) is 16.3 Å². The van der Waals surface area contributed by atoms with E-state index in [1.165, 1.54) is 12.8 Å². The lowest BCUT2D eigenvalue weighted by Crippen LogP contribution is -2.29. The lowest BCUT2D eigenvalue weighted by molar-refractivity contribution is 0.308. The first-order valence-electron chi connectivity index (χ1n) is 7.25. The summed E-state index contributed by atoms with van der Waals surface area (Å²) in [4.78, 5) is 0. The number of fused-ring (bicyclic) bond motifs is 1. The molecular formula is C17H22ClNO. The Bertz CT molecular complexity index is 556. The summed E-state index contributed by atoms with van der Waals surface area (Å²) in [7, 11) is 0. The lowest BCUT2D eigenvalue weighted by atomic mass is 10.1. The third-order valence-electron chi connectivity index (χ3n) is 3.40. The summed E-state index contributed by atoms with van der Waals surface area (Å²) in [6.45, 7) is 5.94. The van der Waals surface area contributed by atoms with Crippen molar-refractivity contribution in [1.29, 1.82) is 0 Å². The van der Waals surface area contributed by atoms with Crippen LogP contribution in [0.5, 0.6) is 5.75 Å². The molecule has 0 saturated heterocycles. The monoisotopic (exact) mass is 291 g/mol. The fraction of sp³-hybridized carbons (Fsp3) is 0.412. The van der Waals surface area contributed by atoms with Gasteiger partial charge in [-0.3, -0.25) is 0 Å². The highest BCUT2D eigenvalue weighted by Crippen LogP contribution is 2.31. The van der Waals surface area contributed by atoms with Crippen molar-refractivity contribution in [3.05, 3.63) is 41.4 Å². The first-order valence-corrected chi connectivity index (χ1v) is 7.63. The Kier molecular flexibility index (Phi) is 5.69. The SMILES string of the molecule is CCCC(C)NCCOc1ccc(Cl)c2ccccc12. The Hall–Kier alpha value is -1.25. The van der Waals surface area contributed by atoms with Crippen LogP contribution in [-0.4, -0.2) is 19.2 Å². The van der Waals surface area contributed by atoms with E-state index in [0.717, 1.165) is 28.1 Å². The van der Waals surface area contributed by atoms with E-state index in [2.05, 4.69) is 19.2 Å². The van der Waals surface area contributed by atoms with Crippen LogP contribution >= 0.6 is 11.6 Å². The summed E-state index contributed by atoms with van der Waals surface area (Å²) in [6, 6.07) is 12.5. The van der Waals surface area contributed by atoms with Crippen LogP contribution in [0, 0.1) is 0 Å². The van der Waals surface area contributed by atoms with Crippen LogP contribution in [0.4, 0.5) is 0 Å². The van der Waals surface area contributed by atoms with Crippen molar-refractivity contribution in [1.82, 2.24) is 5.32 Å². The molecule has 1 unspecified atom stereocenters. The van der Waals surface area contributed by atoms with E-state index >= 15 is 0 Å². The summed E-state index contributed by atoms with van der Waals surface area (Å²) in [5.74, 6) is 0.898. The molecule has 2 aromatic rings. The Morgan fingerprint density at radius 1 is 1.15 bits per heavy atom. The van der Waals surface area contributed by atoms with E-state index in [1.807, 2.05) is 36.4 Å². The zero-order chi connectivity index (χ0) is 14.4. The van der Waals surface area contributed by atoms with Crippen molar-refractivity contribution in [2.75, 3.05) is 13.2 Å². The molecule has 108 valence electrons. The molecule has 0 fully saturated rings. The molecule has 0 aliphatic rings. The minimum atomic E-state index is 0.547. The molecule has 0 saturated carbocycles. The van der Waals surface area contributed by atoms with Gasteiger partial charge in [-0.25, -0.2) is 0 Å². The van der Waals surface area contributed by atoms with Crippen molar-refractivity contribution < 1.29 is 4.74 Å². The molecule has 0 aliphatic heterocycles. The molecule has 1 atom stereocenters. The molecule has 0 heterocycles. The van der Waals surface area contributed by atoms with Crippen molar-refractivity contribution in [3.63, 3.8) is 0 Å². The van der Waals surface area contributed by atoms with E-state index in [9.17, 15) is 0 Å². The maximum Gasteiger partial charge on any atom is 0.127 e. The van der Waals surface area contributed by atoms with Gasteiger partial charge >= 0.3 is 0 Å². The molecule has 3 heteroatoms. The van der Waals surface area contributed by atoms with Gasteiger partial charge in [0.2, 0.25) is 0 Å². The Labute approximate surface area is 126 Å². The highest BCUT2D eigenvalue weighted by atomic mass is 35.5. The number of hydrogen-bond acceptors (Lipinski definition) is 2. The van der Waals surface area contributed by atoms with Gasteiger partial charge < -0.3 is 10.1 Å². The topological polar surface area (TPSA) is 21.3 Å². The Morgan fingerprint density at radius 2 is 1.90 bits per heavy atom. The normalized spacial score (nSPS) is 12.6. The molecule has 0 bridgehead atoms. The van der Waals surface area contributed by atoms with Crippen LogP contribution in [0.1, 0.15) is 26.7 Å². The minimum Gasteiger partial charge on any atom is -0.492 e. The molecule has 2 aromatic carbocycles. The number of benzene rings is 2. The van der Waals surface area contributed by atoms with E-state index in [0.29, 0.717) is 12.6 Å². The first kappa shape index (κ1) is 15.1. The highest BCUT2D eigenvalue weighted by Gasteiger charge is 2.05. The van der Waals surface area contributed by atoms with Crippen molar-refractivity contribution in [2.24, 2.45) is 0 Å². The Morgan fingerprint density at radius 3 is 2.65 bits per heavy atom. The molecule has 0 spiro atoms. The molecule has 0 radical (unpaired) electrons. The number of hydrogen-bond donors (Lipinski definition) is 1. The Balaban J connectivity index is 1.95. The molecule has 20 heavy (non-hydrogen) atoms. The lowest BCUT2D eigenvalue weighted by Gasteiger charge is -2.14. The average molecular weight is 292 g/mol. The van der Waals surface area contributed by atoms with E-state index in [1.54, 1.807) is 0 Å². The summed E-state index contributed by atoms with van der Waals surface area (Å²) in [5.41, 5.74) is 0. The van der Waals surface area contributed by atoms with Gasteiger partial charge in [-0.05, 0) is 25.5 Å². The van der Waals surface area contributed by atoms with Crippen LogP contribution in [0.2, 0.25) is 5.02 Å². The van der Waals surface area contributed by atoms with Crippen LogP contribution in [-0.2, 0) is 0 Å². The molecule has 0 aliphatic carbocycles.